The SMILES string of the molecule is CC(C)[C@@H](O)CC[C@@H](C)[C@H]1CC[C@H]2[C@@H]3CC=C4C[C@@](C)(O)CC[C@]4(C)[C@H]3CC[C@]12C. The lowest BCUT2D eigenvalue weighted by Gasteiger charge is -2.59. The molecular formula is C28H48O2. The van der Waals surface area contributed by atoms with Gasteiger partial charge in [-0.2, -0.15) is 0 Å². The number of rotatable bonds is 5. The van der Waals surface area contributed by atoms with Crippen molar-refractivity contribution < 1.29 is 10.2 Å². The maximum atomic E-state index is 10.7. The van der Waals surface area contributed by atoms with Gasteiger partial charge in [-0.15, -0.1) is 0 Å². The van der Waals surface area contributed by atoms with Crippen LogP contribution in [0.3, 0.4) is 0 Å². The molecule has 2 N–H and O–H groups in total. The van der Waals surface area contributed by atoms with Crippen molar-refractivity contribution in [3.8, 4) is 0 Å². The number of fused-ring (bicyclic) bond motifs is 5. The van der Waals surface area contributed by atoms with Crippen LogP contribution in [0.1, 0.15) is 106 Å². The molecule has 0 amide bonds. The summed E-state index contributed by atoms with van der Waals surface area (Å²) in [6.07, 6.45) is 14.4. The monoisotopic (exact) mass is 416 g/mol. The highest BCUT2D eigenvalue weighted by atomic mass is 16.3. The molecular weight excluding hydrogens is 368 g/mol. The predicted octanol–water partition coefficient (Wildman–Crippen LogP) is 6.75. The van der Waals surface area contributed by atoms with E-state index >= 15 is 0 Å². The van der Waals surface area contributed by atoms with E-state index in [1.807, 2.05) is 6.92 Å². The van der Waals surface area contributed by atoms with Gasteiger partial charge in [-0.3, -0.25) is 0 Å². The van der Waals surface area contributed by atoms with Gasteiger partial charge < -0.3 is 10.2 Å². The Bertz CT molecular complexity index is 664. The largest absolute Gasteiger partial charge is 0.393 e. The first-order valence-corrected chi connectivity index (χ1v) is 13.1. The minimum atomic E-state index is -0.490. The van der Waals surface area contributed by atoms with E-state index in [1.54, 1.807) is 5.57 Å². The third-order valence-corrected chi connectivity index (χ3v) is 10.8. The zero-order valence-corrected chi connectivity index (χ0v) is 20.6. The van der Waals surface area contributed by atoms with Crippen LogP contribution in [0.15, 0.2) is 11.6 Å². The van der Waals surface area contributed by atoms with Crippen molar-refractivity contribution in [3.63, 3.8) is 0 Å². The van der Waals surface area contributed by atoms with E-state index in [0.29, 0.717) is 16.7 Å². The van der Waals surface area contributed by atoms with E-state index in [-0.39, 0.29) is 6.10 Å². The highest BCUT2D eigenvalue weighted by Gasteiger charge is 2.59. The topological polar surface area (TPSA) is 40.5 Å². The quantitative estimate of drug-likeness (QED) is 0.487. The van der Waals surface area contributed by atoms with Gasteiger partial charge in [0.25, 0.3) is 0 Å². The normalized spacial score (nSPS) is 47.8. The number of hydrogen-bond acceptors (Lipinski definition) is 2. The van der Waals surface area contributed by atoms with Crippen molar-refractivity contribution in [2.45, 2.75) is 117 Å². The van der Waals surface area contributed by atoms with Crippen LogP contribution in [0.25, 0.3) is 0 Å². The number of allylic oxidation sites excluding steroid dienone is 1. The second-order valence-electron chi connectivity index (χ2n) is 13.0. The van der Waals surface area contributed by atoms with Crippen molar-refractivity contribution in [1.82, 2.24) is 0 Å². The minimum absolute atomic E-state index is 0.140. The summed E-state index contributed by atoms with van der Waals surface area (Å²) in [4.78, 5) is 0. The lowest BCUT2D eigenvalue weighted by molar-refractivity contribution is -0.0710. The predicted molar refractivity (Wildman–Crippen MR) is 125 cm³/mol. The molecule has 4 rings (SSSR count). The number of aliphatic hydroxyl groups is 2. The van der Waals surface area contributed by atoms with Gasteiger partial charge in [-0.25, -0.2) is 0 Å². The third-order valence-electron chi connectivity index (χ3n) is 10.8. The van der Waals surface area contributed by atoms with Crippen LogP contribution in [0, 0.1) is 46.3 Å². The zero-order valence-electron chi connectivity index (χ0n) is 20.6. The Labute approximate surface area is 185 Å². The fourth-order valence-corrected chi connectivity index (χ4v) is 8.75. The lowest BCUT2D eigenvalue weighted by atomic mass is 9.46. The van der Waals surface area contributed by atoms with Crippen LogP contribution in [-0.4, -0.2) is 21.9 Å². The van der Waals surface area contributed by atoms with Crippen LogP contribution in [-0.2, 0) is 0 Å². The Morgan fingerprint density at radius 2 is 1.70 bits per heavy atom. The van der Waals surface area contributed by atoms with E-state index in [4.69, 9.17) is 0 Å². The number of aliphatic hydroxyl groups excluding tert-OH is 1. The van der Waals surface area contributed by atoms with Crippen molar-refractivity contribution in [2.24, 2.45) is 46.3 Å². The minimum Gasteiger partial charge on any atom is -0.393 e. The zero-order chi connectivity index (χ0) is 21.9. The van der Waals surface area contributed by atoms with Crippen LogP contribution < -0.4 is 0 Å². The molecule has 9 atom stereocenters. The number of hydrogen-bond donors (Lipinski definition) is 2. The van der Waals surface area contributed by atoms with Gasteiger partial charge in [0.15, 0.2) is 0 Å². The van der Waals surface area contributed by atoms with Gasteiger partial charge in [-0.1, -0.05) is 46.3 Å². The maximum Gasteiger partial charge on any atom is 0.0657 e. The van der Waals surface area contributed by atoms with E-state index in [0.717, 1.165) is 48.9 Å². The van der Waals surface area contributed by atoms with Crippen molar-refractivity contribution in [1.29, 1.82) is 0 Å². The summed E-state index contributed by atoms with van der Waals surface area (Å²) >= 11 is 0. The van der Waals surface area contributed by atoms with E-state index in [9.17, 15) is 10.2 Å². The Balaban J connectivity index is 1.49. The molecule has 0 aromatic heterocycles. The Kier molecular flexibility index (Phi) is 6.02. The highest BCUT2D eigenvalue weighted by Crippen LogP contribution is 2.67. The van der Waals surface area contributed by atoms with Gasteiger partial charge in [-0.05, 0) is 117 Å². The van der Waals surface area contributed by atoms with Gasteiger partial charge in [0.2, 0.25) is 0 Å². The fourth-order valence-electron chi connectivity index (χ4n) is 8.75. The first-order chi connectivity index (χ1) is 14.0. The first-order valence-electron chi connectivity index (χ1n) is 13.1. The molecule has 4 aliphatic carbocycles. The van der Waals surface area contributed by atoms with Crippen molar-refractivity contribution in [2.75, 3.05) is 0 Å². The molecule has 0 spiro atoms. The van der Waals surface area contributed by atoms with Crippen molar-refractivity contribution >= 4 is 0 Å². The Hall–Kier alpha value is -0.340. The summed E-state index contributed by atoms with van der Waals surface area (Å²) in [6.45, 7) is 14.0. The average molecular weight is 417 g/mol. The van der Waals surface area contributed by atoms with Gasteiger partial charge in [0.05, 0.1) is 11.7 Å². The van der Waals surface area contributed by atoms with E-state index < -0.39 is 5.60 Å². The van der Waals surface area contributed by atoms with Crippen LogP contribution in [0.2, 0.25) is 0 Å². The molecule has 2 nitrogen and oxygen atoms in total. The molecule has 3 fully saturated rings. The molecule has 2 heteroatoms. The third kappa shape index (κ3) is 3.72. The fraction of sp³-hybridized carbons (Fsp3) is 0.929. The van der Waals surface area contributed by atoms with Gasteiger partial charge in [0, 0.05) is 0 Å². The summed E-state index contributed by atoms with van der Waals surface area (Å²) in [5, 5.41) is 21.0. The average Bonchev–Trinajstić information content (AvgIpc) is 3.03. The second kappa shape index (κ2) is 7.91. The summed E-state index contributed by atoms with van der Waals surface area (Å²) in [5.41, 5.74) is 1.91. The van der Waals surface area contributed by atoms with Gasteiger partial charge >= 0.3 is 0 Å². The summed E-state index contributed by atoms with van der Waals surface area (Å²) < 4.78 is 0. The molecule has 0 saturated heterocycles. The maximum absolute atomic E-state index is 10.7. The highest BCUT2D eigenvalue weighted by molar-refractivity contribution is 5.26. The molecule has 0 bridgehead atoms. The molecule has 0 heterocycles. The lowest BCUT2D eigenvalue weighted by Crippen LogP contribution is -2.52. The Morgan fingerprint density at radius 3 is 2.40 bits per heavy atom. The van der Waals surface area contributed by atoms with E-state index in [2.05, 4.69) is 40.7 Å². The smallest absolute Gasteiger partial charge is 0.0657 e. The molecule has 0 aliphatic heterocycles. The van der Waals surface area contributed by atoms with Crippen molar-refractivity contribution in [3.05, 3.63) is 11.6 Å². The molecule has 3 saturated carbocycles. The molecule has 30 heavy (non-hydrogen) atoms. The summed E-state index contributed by atoms with van der Waals surface area (Å²) in [5.74, 6) is 4.46. The first kappa shape index (κ1) is 22.8. The van der Waals surface area contributed by atoms with Crippen LogP contribution in [0.4, 0.5) is 0 Å². The van der Waals surface area contributed by atoms with Gasteiger partial charge in [0.1, 0.15) is 0 Å². The summed E-state index contributed by atoms with van der Waals surface area (Å²) in [7, 11) is 0. The molecule has 0 unspecified atom stereocenters. The molecule has 172 valence electrons. The van der Waals surface area contributed by atoms with Crippen LogP contribution >= 0.6 is 0 Å². The van der Waals surface area contributed by atoms with E-state index in [1.165, 1.54) is 44.9 Å². The Morgan fingerprint density at radius 1 is 0.967 bits per heavy atom. The second-order valence-corrected chi connectivity index (χ2v) is 13.0. The molecule has 4 aliphatic rings. The van der Waals surface area contributed by atoms with Crippen LogP contribution in [0.5, 0.6) is 0 Å². The summed E-state index contributed by atoms with van der Waals surface area (Å²) in [6, 6.07) is 0. The standard InChI is InChI=1S/C28H48O2/c1-18(2)25(29)12-7-19(3)22-10-11-23-21-9-8-20-17-26(4,30)15-16-27(20,5)24(21)13-14-28(22,23)6/h8,18-19,21-25,29-30H,7,9-17H2,1-6H3/t19-,21+,22-,23+,24+,25+,26+,27+,28-/m1/s1. The molecule has 0 aromatic carbocycles. The molecule has 0 radical (unpaired) electrons. The molecule has 0 aromatic rings.